The van der Waals surface area contributed by atoms with Crippen molar-refractivity contribution in [2.75, 3.05) is 0 Å². The molecule has 0 bridgehead atoms. The van der Waals surface area contributed by atoms with E-state index in [1.807, 2.05) is 0 Å². The van der Waals surface area contributed by atoms with Crippen molar-refractivity contribution >= 4 is 15.9 Å². The third-order valence-corrected chi connectivity index (χ3v) is 2.08. The highest BCUT2D eigenvalue weighted by molar-refractivity contribution is 9.10. The first kappa shape index (κ1) is 4.63. The van der Waals surface area contributed by atoms with Crippen molar-refractivity contribution < 1.29 is 0 Å². The summed E-state index contributed by atoms with van der Waals surface area (Å²) in [5, 5.41) is 2.12. The topological polar surface area (TPSA) is 0 Å². The number of hydrogen-bond acceptors (Lipinski definition) is 0. The lowest BCUT2D eigenvalue weighted by molar-refractivity contribution is 0.380. The highest BCUT2D eigenvalue weighted by Gasteiger charge is 2.14. The molecule has 0 unspecified atom stereocenters. The van der Waals surface area contributed by atoms with Crippen LogP contribution in [0.4, 0.5) is 0 Å². The Hall–Kier alpha value is 0.480. The SMILES string of the molecule is Br[CH]C1CCC1. The molecule has 1 rings (SSSR count). The fourth-order valence-corrected chi connectivity index (χ4v) is 1.09. The van der Waals surface area contributed by atoms with Gasteiger partial charge in [0.1, 0.15) is 0 Å². The van der Waals surface area contributed by atoms with Crippen molar-refractivity contribution in [3.63, 3.8) is 0 Å². The van der Waals surface area contributed by atoms with Crippen molar-refractivity contribution in [2.24, 2.45) is 5.92 Å². The molecular formula is C5H8Br. The van der Waals surface area contributed by atoms with Gasteiger partial charge in [-0.15, -0.1) is 0 Å². The highest BCUT2D eigenvalue weighted by atomic mass is 79.9. The van der Waals surface area contributed by atoms with Crippen molar-refractivity contribution in [1.29, 1.82) is 0 Å². The highest BCUT2D eigenvalue weighted by Crippen LogP contribution is 2.30. The molecule has 0 saturated heterocycles. The molecule has 0 N–H and O–H groups in total. The summed E-state index contributed by atoms with van der Waals surface area (Å²) in [6, 6.07) is 0. The Kier molecular flexibility index (Phi) is 1.52. The van der Waals surface area contributed by atoms with Crippen LogP contribution in [0.15, 0.2) is 0 Å². The van der Waals surface area contributed by atoms with Crippen molar-refractivity contribution in [1.82, 2.24) is 0 Å². The summed E-state index contributed by atoms with van der Waals surface area (Å²) in [4.78, 5) is 0. The van der Waals surface area contributed by atoms with Gasteiger partial charge in [-0.05, 0) is 18.8 Å². The molecule has 0 aliphatic heterocycles. The van der Waals surface area contributed by atoms with E-state index >= 15 is 0 Å². The maximum absolute atomic E-state index is 3.30. The second-order valence-corrected chi connectivity index (χ2v) is 2.35. The Balaban J connectivity index is 2.01. The molecule has 1 aliphatic carbocycles. The van der Waals surface area contributed by atoms with Crippen molar-refractivity contribution in [3.05, 3.63) is 5.33 Å². The van der Waals surface area contributed by atoms with Crippen molar-refractivity contribution in [2.45, 2.75) is 19.3 Å². The molecule has 0 spiro atoms. The minimum absolute atomic E-state index is 0.907. The van der Waals surface area contributed by atoms with Gasteiger partial charge in [0.25, 0.3) is 0 Å². The Morgan fingerprint density at radius 2 is 2.17 bits per heavy atom. The van der Waals surface area contributed by atoms with E-state index in [1.165, 1.54) is 19.3 Å². The Morgan fingerprint density at radius 1 is 1.50 bits per heavy atom. The molecule has 6 heavy (non-hydrogen) atoms. The molecule has 0 aromatic carbocycles. The first-order valence-corrected chi connectivity index (χ1v) is 3.28. The van der Waals surface area contributed by atoms with E-state index in [1.54, 1.807) is 0 Å². The Bertz CT molecular complexity index is 36.4. The molecule has 0 amide bonds. The molecule has 0 heterocycles. The third-order valence-electron chi connectivity index (χ3n) is 1.33. The molecule has 0 nitrogen and oxygen atoms in total. The molecule has 0 aromatic rings. The Morgan fingerprint density at radius 3 is 2.17 bits per heavy atom. The molecule has 1 saturated carbocycles. The fraction of sp³-hybridized carbons (Fsp3) is 0.800. The molecule has 0 atom stereocenters. The van der Waals surface area contributed by atoms with Gasteiger partial charge in [0.05, 0.1) is 0 Å². The van der Waals surface area contributed by atoms with Crippen molar-refractivity contribution in [3.8, 4) is 0 Å². The lowest BCUT2D eigenvalue weighted by Crippen LogP contribution is -2.07. The zero-order valence-corrected chi connectivity index (χ0v) is 5.24. The van der Waals surface area contributed by atoms with Gasteiger partial charge in [0.15, 0.2) is 0 Å². The van der Waals surface area contributed by atoms with E-state index in [9.17, 15) is 0 Å². The number of halogens is 1. The molecule has 1 heteroatoms. The van der Waals surface area contributed by atoms with Gasteiger partial charge in [-0.3, -0.25) is 0 Å². The van der Waals surface area contributed by atoms with Crippen LogP contribution in [-0.4, -0.2) is 0 Å². The third kappa shape index (κ3) is 0.754. The van der Waals surface area contributed by atoms with Gasteiger partial charge >= 0.3 is 0 Å². The molecule has 1 aliphatic rings. The average molecular weight is 148 g/mol. The maximum Gasteiger partial charge on any atom is 0.0302 e. The zero-order chi connectivity index (χ0) is 4.41. The molecular weight excluding hydrogens is 140 g/mol. The monoisotopic (exact) mass is 147 g/mol. The standard InChI is InChI=1S/C5H8Br/c6-4-5-2-1-3-5/h4-5H,1-3H2. The van der Waals surface area contributed by atoms with Gasteiger partial charge in [-0.2, -0.15) is 0 Å². The molecule has 0 aromatic heterocycles. The molecule has 1 fully saturated rings. The predicted molar refractivity (Wildman–Crippen MR) is 30.6 cm³/mol. The van der Waals surface area contributed by atoms with Crippen LogP contribution in [-0.2, 0) is 0 Å². The summed E-state index contributed by atoms with van der Waals surface area (Å²) in [7, 11) is 0. The zero-order valence-electron chi connectivity index (χ0n) is 3.65. The summed E-state index contributed by atoms with van der Waals surface area (Å²) in [6.07, 6.45) is 4.25. The van der Waals surface area contributed by atoms with Crippen LogP contribution in [0.2, 0.25) is 0 Å². The summed E-state index contributed by atoms with van der Waals surface area (Å²) in [5.74, 6) is 0.907. The van der Waals surface area contributed by atoms with Gasteiger partial charge in [0, 0.05) is 5.33 Å². The van der Waals surface area contributed by atoms with Crippen LogP contribution < -0.4 is 0 Å². The summed E-state index contributed by atoms with van der Waals surface area (Å²) < 4.78 is 0. The lowest BCUT2D eigenvalue weighted by atomic mass is 9.88. The van der Waals surface area contributed by atoms with Crippen LogP contribution in [0, 0.1) is 11.2 Å². The van der Waals surface area contributed by atoms with Gasteiger partial charge in [-0.25, -0.2) is 0 Å². The van der Waals surface area contributed by atoms with Crippen LogP contribution >= 0.6 is 15.9 Å². The minimum Gasteiger partial charge on any atom is -0.0875 e. The van der Waals surface area contributed by atoms with E-state index in [4.69, 9.17) is 0 Å². The largest absolute Gasteiger partial charge is 0.0875 e. The first-order valence-electron chi connectivity index (χ1n) is 2.37. The smallest absolute Gasteiger partial charge is 0.0302 e. The first-order chi connectivity index (χ1) is 2.93. The molecule has 35 valence electrons. The second kappa shape index (κ2) is 1.97. The van der Waals surface area contributed by atoms with E-state index in [0.717, 1.165) is 5.92 Å². The van der Waals surface area contributed by atoms with E-state index in [2.05, 4.69) is 21.3 Å². The quantitative estimate of drug-likeness (QED) is 0.535. The minimum atomic E-state index is 0.907. The van der Waals surface area contributed by atoms with Crippen LogP contribution in [0.3, 0.4) is 0 Å². The van der Waals surface area contributed by atoms with Gasteiger partial charge in [-0.1, -0.05) is 22.4 Å². The molecule has 1 radical (unpaired) electrons. The Labute approximate surface area is 47.1 Å². The normalized spacial score (nSPS) is 23.5. The van der Waals surface area contributed by atoms with Crippen LogP contribution in [0.1, 0.15) is 19.3 Å². The number of rotatable bonds is 1. The van der Waals surface area contributed by atoms with Crippen LogP contribution in [0.5, 0.6) is 0 Å². The van der Waals surface area contributed by atoms with E-state index in [-0.39, 0.29) is 0 Å². The van der Waals surface area contributed by atoms with Gasteiger partial charge < -0.3 is 0 Å². The summed E-state index contributed by atoms with van der Waals surface area (Å²) >= 11 is 3.30. The predicted octanol–water partition coefficient (Wildman–Crippen LogP) is 2.34. The summed E-state index contributed by atoms with van der Waals surface area (Å²) in [5.41, 5.74) is 0. The van der Waals surface area contributed by atoms with E-state index < -0.39 is 0 Å². The van der Waals surface area contributed by atoms with Gasteiger partial charge in [0.2, 0.25) is 0 Å². The average Bonchev–Trinajstić information content (AvgIpc) is 1.31. The van der Waals surface area contributed by atoms with E-state index in [0.29, 0.717) is 0 Å². The maximum atomic E-state index is 3.30. The van der Waals surface area contributed by atoms with Crippen LogP contribution in [0.25, 0.3) is 0 Å². The summed E-state index contributed by atoms with van der Waals surface area (Å²) in [6.45, 7) is 0. The fourth-order valence-electron chi connectivity index (χ4n) is 0.566. The second-order valence-electron chi connectivity index (χ2n) is 1.82. The lowest BCUT2D eigenvalue weighted by Gasteiger charge is -2.21. The number of hydrogen-bond donors (Lipinski definition) is 0.